The molecule has 2 nitrogen and oxygen atoms in total. The average molecular weight is 166 g/mol. The summed E-state index contributed by atoms with van der Waals surface area (Å²) in [6, 6.07) is 3.79. The van der Waals surface area contributed by atoms with Gasteiger partial charge in [-0.15, -0.1) is 0 Å². The van der Waals surface area contributed by atoms with E-state index >= 15 is 0 Å². The summed E-state index contributed by atoms with van der Waals surface area (Å²) in [7, 11) is -1.64. The monoisotopic (exact) mass is 166 g/mol. The zero-order valence-electron chi connectivity index (χ0n) is 6.37. The minimum atomic E-state index is -1.64. The summed E-state index contributed by atoms with van der Waals surface area (Å²) >= 11 is 0. The van der Waals surface area contributed by atoms with Gasteiger partial charge in [-0.1, -0.05) is 18.7 Å². The molecule has 0 bridgehead atoms. The van der Waals surface area contributed by atoms with Crippen molar-refractivity contribution in [3.05, 3.63) is 36.2 Å². The van der Waals surface area contributed by atoms with E-state index in [0.29, 0.717) is 5.56 Å². The predicted molar refractivity (Wildman–Crippen MR) is 46.3 cm³/mol. The minimum absolute atomic E-state index is 0.130. The van der Waals surface area contributed by atoms with Crippen LogP contribution < -0.4 is 5.46 Å². The first-order valence-electron chi connectivity index (χ1n) is 3.42. The lowest BCUT2D eigenvalue weighted by Gasteiger charge is -2.00. The zero-order valence-corrected chi connectivity index (χ0v) is 6.37. The second kappa shape index (κ2) is 3.52. The highest BCUT2D eigenvalue weighted by Crippen LogP contribution is 2.02. The van der Waals surface area contributed by atoms with E-state index in [1.165, 1.54) is 18.2 Å². The van der Waals surface area contributed by atoms with Gasteiger partial charge in [-0.3, -0.25) is 0 Å². The molecule has 0 fully saturated rings. The first-order valence-corrected chi connectivity index (χ1v) is 3.42. The van der Waals surface area contributed by atoms with Gasteiger partial charge >= 0.3 is 7.12 Å². The van der Waals surface area contributed by atoms with Crippen molar-refractivity contribution in [2.75, 3.05) is 0 Å². The highest BCUT2D eigenvalue weighted by atomic mass is 19.1. The lowest BCUT2D eigenvalue weighted by molar-refractivity contribution is 0.425. The highest BCUT2D eigenvalue weighted by Gasteiger charge is 2.11. The zero-order chi connectivity index (χ0) is 9.14. The van der Waals surface area contributed by atoms with E-state index in [0.717, 1.165) is 6.07 Å². The molecule has 0 aromatic heterocycles. The van der Waals surface area contributed by atoms with Crippen molar-refractivity contribution < 1.29 is 14.4 Å². The molecule has 0 saturated carbocycles. The first kappa shape index (κ1) is 8.97. The van der Waals surface area contributed by atoms with Gasteiger partial charge in [-0.05, 0) is 23.2 Å². The summed E-state index contributed by atoms with van der Waals surface area (Å²) in [4.78, 5) is 0. The Labute approximate surface area is 70.1 Å². The van der Waals surface area contributed by atoms with Crippen molar-refractivity contribution in [3.63, 3.8) is 0 Å². The second-order valence-electron chi connectivity index (χ2n) is 2.40. The standard InChI is InChI=1S/C8H8BFO2/c1-2-6-3-7(9(11)12)5-8(10)4-6/h2-5,11-12H,1H2. The van der Waals surface area contributed by atoms with Crippen LogP contribution in [-0.2, 0) is 0 Å². The smallest absolute Gasteiger partial charge is 0.423 e. The molecule has 0 radical (unpaired) electrons. The Morgan fingerprint density at radius 3 is 2.50 bits per heavy atom. The number of benzene rings is 1. The number of rotatable bonds is 2. The molecule has 4 heteroatoms. The normalized spacial score (nSPS) is 9.58. The van der Waals surface area contributed by atoms with Gasteiger partial charge in [0.05, 0.1) is 0 Å². The summed E-state index contributed by atoms with van der Waals surface area (Å²) in [6.45, 7) is 3.44. The largest absolute Gasteiger partial charge is 0.488 e. The van der Waals surface area contributed by atoms with Crippen molar-refractivity contribution in [1.29, 1.82) is 0 Å². The van der Waals surface area contributed by atoms with Crippen LogP contribution in [0.2, 0.25) is 0 Å². The maximum Gasteiger partial charge on any atom is 0.488 e. The van der Waals surface area contributed by atoms with E-state index in [-0.39, 0.29) is 5.46 Å². The van der Waals surface area contributed by atoms with Gasteiger partial charge in [-0.25, -0.2) is 4.39 Å². The van der Waals surface area contributed by atoms with Gasteiger partial charge in [-0.2, -0.15) is 0 Å². The molecule has 0 aliphatic carbocycles. The van der Waals surface area contributed by atoms with Crippen molar-refractivity contribution in [1.82, 2.24) is 0 Å². The summed E-state index contributed by atoms with van der Waals surface area (Å²) in [6.07, 6.45) is 1.44. The Balaban J connectivity index is 3.14. The number of hydrogen-bond donors (Lipinski definition) is 2. The molecule has 2 N–H and O–H groups in total. The molecule has 0 atom stereocenters. The Hall–Kier alpha value is -1.13. The molecular weight excluding hydrogens is 158 g/mol. The number of hydrogen-bond acceptors (Lipinski definition) is 2. The molecule has 0 spiro atoms. The highest BCUT2D eigenvalue weighted by molar-refractivity contribution is 6.58. The Morgan fingerprint density at radius 2 is 2.00 bits per heavy atom. The Kier molecular flexibility index (Phi) is 2.63. The fraction of sp³-hybridized carbons (Fsp3) is 0. The third kappa shape index (κ3) is 1.93. The van der Waals surface area contributed by atoms with E-state index < -0.39 is 12.9 Å². The van der Waals surface area contributed by atoms with Crippen molar-refractivity contribution in [2.45, 2.75) is 0 Å². The van der Waals surface area contributed by atoms with Crippen molar-refractivity contribution in [3.8, 4) is 0 Å². The summed E-state index contributed by atoms with van der Waals surface area (Å²) in [5, 5.41) is 17.4. The molecule has 0 aliphatic rings. The van der Waals surface area contributed by atoms with Gasteiger partial charge in [0.15, 0.2) is 0 Å². The quantitative estimate of drug-likeness (QED) is 0.613. The van der Waals surface area contributed by atoms with Crippen LogP contribution in [0.5, 0.6) is 0 Å². The molecule has 0 saturated heterocycles. The summed E-state index contributed by atoms with van der Waals surface area (Å²) in [5.74, 6) is -0.504. The van der Waals surface area contributed by atoms with Gasteiger partial charge < -0.3 is 10.0 Å². The number of halogens is 1. The Bertz CT molecular complexity index is 299. The van der Waals surface area contributed by atoms with Crippen molar-refractivity contribution >= 4 is 18.7 Å². The SMILES string of the molecule is C=Cc1cc(F)cc(B(O)O)c1. The van der Waals surface area contributed by atoms with E-state index in [1.54, 1.807) is 0 Å². The molecule has 12 heavy (non-hydrogen) atoms. The lowest BCUT2D eigenvalue weighted by Crippen LogP contribution is -2.30. The fourth-order valence-corrected chi connectivity index (χ4v) is 0.903. The van der Waals surface area contributed by atoms with Crippen LogP contribution in [0.1, 0.15) is 5.56 Å². The van der Waals surface area contributed by atoms with E-state index in [4.69, 9.17) is 10.0 Å². The molecular formula is C8H8BFO2. The maximum absolute atomic E-state index is 12.7. The molecule has 1 aromatic carbocycles. The first-order chi connectivity index (χ1) is 5.63. The summed E-state index contributed by atoms with van der Waals surface area (Å²) < 4.78 is 12.7. The van der Waals surface area contributed by atoms with Crippen LogP contribution in [0.3, 0.4) is 0 Å². The van der Waals surface area contributed by atoms with E-state index in [2.05, 4.69) is 6.58 Å². The third-order valence-corrected chi connectivity index (χ3v) is 1.48. The third-order valence-electron chi connectivity index (χ3n) is 1.48. The van der Waals surface area contributed by atoms with Gasteiger partial charge in [0.2, 0.25) is 0 Å². The van der Waals surface area contributed by atoms with Crippen LogP contribution in [-0.4, -0.2) is 17.2 Å². The summed E-state index contributed by atoms with van der Waals surface area (Å²) in [5.41, 5.74) is 0.656. The van der Waals surface area contributed by atoms with Gasteiger partial charge in [0.25, 0.3) is 0 Å². The topological polar surface area (TPSA) is 40.5 Å². The van der Waals surface area contributed by atoms with Crippen LogP contribution in [0.4, 0.5) is 4.39 Å². The fourth-order valence-electron chi connectivity index (χ4n) is 0.903. The minimum Gasteiger partial charge on any atom is -0.423 e. The van der Waals surface area contributed by atoms with E-state index in [9.17, 15) is 4.39 Å². The molecule has 0 unspecified atom stereocenters. The van der Waals surface area contributed by atoms with Gasteiger partial charge in [0.1, 0.15) is 5.82 Å². The predicted octanol–water partition coefficient (Wildman–Crippen LogP) is 0.148. The average Bonchev–Trinajstić information content (AvgIpc) is 2.03. The van der Waals surface area contributed by atoms with E-state index in [1.807, 2.05) is 0 Å². The lowest BCUT2D eigenvalue weighted by atomic mass is 9.79. The van der Waals surface area contributed by atoms with Crippen LogP contribution in [0.15, 0.2) is 24.8 Å². The molecule has 0 amide bonds. The molecule has 0 aliphatic heterocycles. The molecule has 1 rings (SSSR count). The molecule has 0 heterocycles. The van der Waals surface area contributed by atoms with Crippen LogP contribution in [0, 0.1) is 5.82 Å². The molecule has 1 aromatic rings. The second-order valence-corrected chi connectivity index (χ2v) is 2.40. The van der Waals surface area contributed by atoms with Crippen LogP contribution >= 0.6 is 0 Å². The molecule has 62 valence electrons. The van der Waals surface area contributed by atoms with Gasteiger partial charge in [0, 0.05) is 0 Å². The van der Waals surface area contributed by atoms with Crippen molar-refractivity contribution in [2.24, 2.45) is 0 Å². The maximum atomic E-state index is 12.7. The van der Waals surface area contributed by atoms with Crippen LogP contribution in [0.25, 0.3) is 6.08 Å². The Morgan fingerprint density at radius 1 is 1.33 bits per heavy atom.